The zero-order valence-corrected chi connectivity index (χ0v) is 10.2. The van der Waals surface area contributed by atoms with Gasteiger partial charge >= 0.3 is 5.97 Å². The standard InChI is InChI=1S/C13H19NO3/c1-9-11(8-13(15)16)14-12(17-9)7-10-5-3-2-4-6-10/h10H,2-8H2,1H3,(H,15,16). The third-order valence-electron chi connectivity index (χ3n) is 3.44. The lowest BCUT2D eigenvalue weighted by Crippen LogP contribution is -2.09. The Morgan fingerprint density at radius 2 is 2.12 bits per heavy atom. The van der Waals surface area contributed by atoms with Crippen LogP contribution in [-0.2, 0) is 17.6 Å². The average molecular weight is 237 g/mol. The third kappa shape index (κ3) is 3.32. The van der Waals surface area contributed by atoms with Gasteiger partial charge in [-0.15, -0.1) is 0 Å². The van der Waals surface area contributed by atoms with Gasteiger partial charge in [-0.2, -0.15) is 0 Å². The van der Waals surface area contributed by atoms with Crippen molar-refractivity contribution in [3.8, 4) is 0 Å². The van der Waals surface area contributed by atoms with Gasteiger partial charge in [0.25, 0.3) is 0 Å². The smallest absolute Gasteiger partial charge is 0.309 e. The van der Waals surface area contributed by atoms with Gasteiger partial charge in [0.05, 0.1) is 12.1 Å². The van der Waals surface area contributed by atoms with E-state index in [9.17, 15) is 4.79 Å². The van der Waals surface area contributed by atoms with E-state index in [1.54, 1.807) is 6.92 Å². The maximum atomic E-state index is 10.6. The molecule has 4 heteroatoms. The number of carboxylic acids is 1. The molecule has 1 saturated carbocycles. The van der Waals surface area contributed by atoms with Gasteiger partial charge < -0.3 is 9.52 Å². The molecule has 17 heavy (non-hydrogen) atoms. The molecule has 1 aromatic heterocycles. The number of hydrogen-bond donors (Lipinski definition) is 1. The molecule has 0 unspecified atom stereocenters. The molecule has 1 aliphatic carbocycles. The number of aryl methyl sites for hydroxylation is 1. The van der Waals surface area contributed by atoms with Crippen LogP contribution in [0, 0.1) is 12.8 Å². The number of rotatable bonds is 4. The van der Waals surface area contributed by atoms with Crippen molar-refractivity contribution in [2.75, 3.05) is 0 Å². The predicted molar refractivity (Wildman–Crippen MR) is 62.9 cm³/mol. The Morgan fingerprint density at radius 1 is 1.41 bits per heavy atom. The van der Waals surface area contributed by atoms with Crippen molar-refractivity contribution >= 4 is 5.97 Å². The number of carboxylic acid groups (broad SMARTS) is 1. The van der Waals surface area contributed by atoms with E-state index in [1.165, 1.54) is 32.1 Å². The first kappa shape index (κ1) is 12.1. The van der Waals surface area contributed by atoms with Gasteiger partial charge in [0.1, 0.15) is 5.76 Å². The Morgan fingerprint density at radius 3 is 2.76 bits per heavy atom. The van der Waals surface area contributed by atoms with Gasteiger partial charge in [0, 0.05) is 6.42 Å². The number of aromatic nitrogens is 1. The molecule has 0 radical (unpaired) electrons. The first-order valence-electron chi connectivity index (χ1n) is 6.32. The molecule has 1 fully saturated rings. The Kier molecular flexibility index (Phi) is 3.82. The van der Waals surface area contributed by atoms with Crippen LogP contribution >= 0.6 is 0 Å². The summed E-state index contributed by atoms with van der Waals surface area (Å²) in [5.41, 5.74) is 0.573. The molecule has 0 aromatic carbocycles. The van der Waals surface area contributed by atoms with Gasteiger partial charge in [-0.05, 0) is 25.7 Å². The van der Waals surface area contributed by atoms with Crippen LogP contribution in [0.1, 0.15) is 49.4 Å². The van der Waals surface area contributed by atoms with Crippen LogP contribution in [0.15, 0.2) is 4.42 Å². The van der Waals surface area contributed by atoms with E-state index < -0.39 is 5.97 Å². The molecule has 0 spiro atoms. The topological polar surface area (TPSA) is 63.3 Å². The van der Waals surface area contributed by atoms with Gasteiger partial charge in [-0.3, -0.25) is 4.79 Å². The number of aliphatic carboxylic acids is 1. The molecule has 94 valence electrons. The van der Waals surface area contributed by atoms with Crippen molar-refractivity contribution in [1.82, 2.24) is 4.98 Å². The van der Waals surface area contributed by atoms with E-state index in [4.69, 9.17) is 9.52 Å². The van der Waals surface area contributed by atoms with Crippen LogP contribution in [-0.4, -0.2) is 16.1 Å². The summed E-state index contributed by atoms with van der Waals surface area (Å²) in [6.07, 6.45) is 7.25. The van der Waals surface area contributed by atoms with Crippen molar-refractivity contribution in [2.45, 2.75) is 51.9 Å². The zero-order chi connectivity index (χ0) is 12.3. The van der Waals surface area contributed by atoms with E-state index in [0.717, 1.165) is 6.42 Å². The van der Waals surface area contributed by atoms with Gasteiger partial charge in [0.2, 0.25) is 0 Å². The molecule has 0 aliphatic heterocycles. The van der Waals surface area contributed by atoms with Crippen molar-refractivity contribution < 1.29 is 14.3 Å². The van der Waals surface area contributed by atoms with Crippen molar-refractivity contribution in [3.63, 3.8) is 0 Å². The van der Waals surface area contributed by atoms with Crippen LogP contribution in [0.25, 0.3) is 0 Å². The molecular weight excluding hydrogens is 218 g/mol. The van der Waals surface area contributed by atoms with Gasteiger partial charge in [-0.1, -0.05) is 19.3 Å². The Labute approximate surface area is 101 Å². The molecular formula is C13H19NO3. The fourth-order valence-corrected chi connectivity index (χ4v) is 2.52. The van der Waals surface area contributed by atoms with E-state index in [1.807, 2.05) is 0 Å². The number of hydrogen-bond acceptors (Lipinski definition) is 3. The summed E-state index contributed by atoms with van der Waals surface area (Å²) in [4.78, 5) is 14.9. The monoisotopic (exact) mass is 237 g/mol. The number of nitrogens with zero attached hydrogens (tertiary/aromatic N) is 1. The highest BCUT2D eigenvalue weighted by atomic mass is 16.4. The summed E-state index contributed by atoms with van der Waals surface area (Å²) in [6.45, 7) is 1.79. The summed E-state index contributed by atoms with van der Waals surface area (Å²) < 4.78 is 5.54. The minimum atomic E-state index is -0.856. The predicted octanol–water partition coefficient (Wildman–Crippen LogP) is 2.73. The Hall–Kier alpha value is -1.32. The lowest BCUT2D eigenvalue weighted by atomic mass is 9.87. The fraction of sp³-hybridized carbons (Fsp3) is 0.692. The molecule has 0 bridgehead atoms. The minimum Gasteiger partial charge on any atom is -0.481 e. The second-order valence-corrected chi connectivity index (χ2v) is 4.89. The average Bonchev–Trinajstić information content (AvgIpc) is 2.59. The molecule has 1 N–H and O–H groups in total. The van der Waals surface area contributed by atoms with Crippen molar-refractivity contribution in [1.29, 1.82) is 0 Å². The molecule has 1 aromatic rings. The van der Waals surface area contributed by atoms with Crippen LogP contribution < -0.4 is 0 Å². The summed E-state index contributed by atoms with van der Waals surface area (Å²) in [5.74, 6) is 1.17. The van der Waals surface area contributed by atoms with E-state index in [2.05, 4.69) is 4.98 Å². The largest absolute Gasteiger partial charge is 0.481 e. The first-order valence-corrected chi connectivity index (χ1v) is 6.32. The minimum absolute atomic E-state index is 0.0417. The van der Waals surface area contributed by atoms with E-state index in [0.29, 0.717) is 23.3 Å². The summed E-state index contributed by atoms with van der Waals surface area (Å²) >= 11 is 0. The second-order valence-electron chi connectivity index (χ2n) is 4.89. The summed E-state index contributed by atoms with van der Waals surface area (Å²) in [7, 11) is 0. The Bertz CT molecular complexity index is 391. The molecule has 1 aliphatic rings. The van der Waals surface area contributed by atoms with E-state index >= 15 is 0 Å². The summed E-state index contributed by atoms with van der Waals surface area (Å²) in [5, 5.41) is 8.74. The lowest BCUT2D eigenvalue weighted by molar-refractivity contribution is -0.136. The molecule has 2 rings (SSSR count). The van der Waals surface area contributed by atoms with Crippen molar-refractivity contribution in [3.05, 3.63) is 17.3 Å². The van der Waals surface area contributed by atoms with Crippen LogP contribution in [0.5, 0.6) is 0 Å². The normalized spacial score (nSPS) is 17.2. The molecule has 1 heterocycles. The quantitative estimate of drug-likeness (QED) is 0.874. The molecule has 4 nitrogen and oxygen atoms in total. The number of oxazole rings is 1. The highest BCUT2D eigenvalue weighted by Crippen LogP contribution is 2.27. The van der Waals surface area contributed by atoms with Gasteiger partial charge in [0.15, 0.2) is 5.89 Å². The van der Waals surface area contributed by atoms with Crippen molar-refractivity contribution in [2.24, 2.45) is 5.92 Å². The molecule has 0 saturated heterocycles. The second kappa shape index (κ2) is 5.34. The maximum Gasteiger partial charge on any atom is 0.309 e. The highest BCUT2D eigenvalue weighted by molar-refractivity contribution is 5.69. The summed E-state index contributed by atoms with van der Waals surface area (Å²) in [6, 6.07) is 0. The van der Waals surface area contributed by atoms with Crippen LogP contribution in [0.4, 0.5) is 0 Å². The van der Waals surface area contributed by atoms with Crippen LogP contribution in [0.3, 0.4) is 0 Å². The highest BCUT2D eigenvalue weighted by Gasteiger charge is 2.18. The molecule has 0 amide bonds. The Balaban J connectivity index is 1.98. The fourth-order valence-electron chi connectivity index (χ4n) is 2.52. The lowest BCUT2D eigenvalue weighted by Gasteiger charge is -2.19. The molecule has 0 atom stereocenters. The van der Waals surface area contributed by atoms with Gasteiger partial charge in [-0.25, -0.2) is 4.98 Å². The number of carbonyl (C=O) groups is 1. The first-order chi connectivity index (χ1) is 8.15. The van der Waals surface area contributed by atoms with Crippen LogP contribution in [0.2, 0.25) is 0 Å². The zero-order valence-electron chi connectivity index (χ0n) is 10.2. The maximum absolute atomic E-state index is 10.6. The third-order valence-corrected chi connectivity index (χ3v) is 3.44. The van der Waals surface area contributed by atoms with E-state index in [-0.39, 0.29) is 6.42 Å². The SMILES string of the molecule is Cc1oc(CC2CCCCC2)nc1CC(=O)O.